The molecule has 2 aromatic rings. The number of rotatable bonds is 6. The molecular formula is C18H20FNO2S. The van der Waals surface area contributed by atoms with Crippen LogP contribution >= 0.6 is 11.8 Å². The number of halogens is 1. The van der Waals surface area contributed by atoms with Gasteiger partial charge in [0.25, 0.3) is 0 Å². The highest BCUT2D eigenvalue weighted by atomic mass is 32.2. The van der Waals surface area contributed by atoms with E-state index in [0.29, 0.717) is 6.54 Å². The number of para-hydroxylation sites is 1. The third kappa shape index (κ3) is 4.73. The van der Waals surface area contributed by atoms with Crippen LogP contribution in [0.25, 0.3) is 0 Å². The maximum absolute atomic E-state index is 13.2. The Morgan fingerprint density at radius 3 is 2.70 bits per heavy atom. The zero-order valence-electron chi connectivity index (χ0n) is 13.5. The summed E-state index contributed by atoms with van der Waals surface area (Å²) in [5.41, 5.74) is 0.773. The summed E-state index contributed by atoms with van der Waals surface area (Å²) < 4.78 is 18.5. The number of benzene rings is 2. The fourth-order valence-corrected chi connectivity index (χ4v) is 3.34. The molecule has 0 aromatic heterocycles. The van der Waals surface area contributed by atoms with Crippen LogP contribution in [0, 0.1) is 5.82 Å². The molecule has 0 aliphatic rings. The molecule has 3 nitrogen and oxygen atoms in total. The minimum atomic E-state index is -0.292. The molecule has 0 spiro atoms. The molecule has 0 saturated carbocycles. The van der Waals surface area contributed by atoms with E-state index < -0.39 is 0 Å². The minimum absolute atomic E-state index is 0.00910. The highest BCUT2D eigenvalue weighted by Crippen LogP contribution is 2.32. The number of nitrogens with zero attached hydrogens (tertiary/aromatic N) is 1. The van der Waals surface area contributed by atoms with Gasteiger partial charge in [-0.2, -0.15) is 0 Å². The van der Waals surface area contributed by atoms with Crippen LogP contribution < -0.4 is 4.74 Å². The third-order valence-electron chi connectivity index (χ3n) is 3.41. The van der Waals surface area contributed by atoms with E-state index in [2.05, 4.69) is 0 Å². The van der Waals surface area contributed by atoms with Crippen molar-refractivity contribution in [3.63, 3.8) is 0 Å². The Balaban J connectivity index is 2.01. The van der Waals surface area contributed by atoms with Gasteiger partial charge < -0.3 is 9.64 Å². The largest absolute Gasteiger partial charge is 0.496 e. The number of carbonyl (C=O) groups excluding carboxylic acids is 1. The first-order chi connectivity index (χ1) is 11.0. The van der Waals surface area contributed by atoms with Crippen molar-refractivity contribution in [2.45, 2.75) is 23.6 Å². The molecule has 122 valence electrons. The number of hydrogen-bond donors (Lipinski definition) is 0. The second-order valence-electron chi connectivity index (χ2n) is 5.24. The first kappa shape index (κ1) is 17.3. The molecule has 0 fully saturated rings. The summed E-state index contributed by atoms with van der Waals surface area (Å²) in [5, 5.41) is -0.259. The molecule has 0 radical (unpaired) electrons. The van der Waals surface area contributed by atoms with Crippen LogP contribution in [0.2, 0.25) is 0 Å². The van der Waals surface area contributed by atoms with Gasteiger partial charge in [-0.25, -0.2) is 4.39 Å². The van der Waals surface area contributed by atoms with E-state index in [0.717, 1.165) is 16.2 Å². The van der Waals surface area contributed by atoms with Crippen molar-refractivity contribution >= 4 is 17.7 Å². The normalized spacial score (nSPS) is 11.8. The summed E-state index contributed by atoms with van der Waals surface area (Å²) in [4.78, 5) is 15.0. The lowest BCUT2D eigenvalue weighted by molar-refractivity contribution is -0.129. The van der Waals surface area contributed by atoms with Crippen molar-refractivity contribution in [3.8, 4) is 5.75 Å². The molecule has 0 saturated heterocycles. The van der Waals surface area contributed by atoms with Crippen molar-refractivity contribution in [3.05, 3.63) is 59.9 Å². The number of hydrogen-bond acceptors (Lipinski definition) is 3. The zero-order valence-corrected chi connectivity index (χ0v) is 14.3. The predicted molar refractivity (Wildman–Crippen MR) is 91.2 cm³/mol. The van der Waals surface area contributed by atoms with Crippen LogP contribution in [-0.2, 0) is 11.3 Å². The van der Waals surface area contributed by atoms with Gasteiger partial charge in [-0.1, -0.05) is 24.3 Å². The molecule has 1 atom stereocenters. The van der Waals surface area contributed by atoms with Crippen molar-refractivity contribution in [2.75, 3.05) is 14.2 Å². The zero-order chi connectivity index (χ0) is 16.8. The van der Waals surface area contributed by atoms with Crippen molar-refractivity contribution in [1.29, 1.82) is 0 Å². The number of ether oxygens (including phenoxy) is 1. The van der Waals surface area contributed by atoms with E-state index in [1.165, 1.54) is 23.9 Å². The first-order valence-electron chi connectivity index (χ1n) is 7.30. The number of thioether (sulfide) groups is 1. The standard InChI is InChI=1S/C18H20FNO2S/c1-13(23-17-10-5-4-9-16(17)22-3)18(21)20(2)12-14-7-6-8-15(19)11-14/h4-11,13H,12H2,1-3H3. The van der Waals surface area contributed by atoms with E-state index >= 15 is 0 Å². The summed E-state index contributed by atoms with van der Waals surface area (Å²) in [7, 11) is 3.34. The molecule has 0 bridgehead atoms. The van der Waals surface area contributed by atoms with Crippen LogP contribution in [0.5, 0.6) is 5.75 Å². The molecule has 5 heteroatoms. The van der Waals surface area contributed by atoms with E-state index in [-0.39, 0.29) is 17.0 Å². The van der Waals surface area contributed by atoms with E-state index in [4.69, 9.17) is 4.74 Å². The topological polar surface area (TPSA) is 29.5 Å². The molecule has 0 heterocycles. The molecular weight excluding hydrogens is 313 g/mol. The van der Waals surface area contributed by atoms with Crippen molar-refractivity contribution in [1.82, 2.24) is 4.90 Å². The Hall–Kier alpha value is -2.01. The highest BCUT2D eigenvalue weighted by molar-refractivity contribution is 8.00. The van der Waals surface area contributed by atoms with Gasteiger partial charge in [0.2, 0.25) is 5.91 Å². The monoisotopic (exact) mass is 333 g/mol. The maximum atomic E-state index is 13.2. The minimum Gasteiger partial charge on any atom is -0.496 e. The van der Waals surface area contributed by atoms with Crippen LogP contribution in [0.3, 0.4) is 0 Å². The van der Waals surface area contributed by atoms with Gasteiger partial charge >= 0.3 is 0 Å². The van der Waals surface area contributed by atoms with Gasteiger partial charge in [0.1, 0.15) is 11.6 Å². The maximum Gasteiger partial charge on any atom is 0.235 e. The summed E-state index contributed by atoms with van der Waals surface area (Å²) in [6.07, 6.45) is 0. The Labute approximate surface area is 140 Å². The Kier molecular flexibility index (Phi) is 6.04. The van der Waals surface area contributed by atoms with Gasteiger partial charge in [-0.05, 0) is 36.8 Å². The molecule has 23 heavy (non-hydrogen) atoms. The summed E-state index contributed by atoms with van der Waals surface area (Å²) in [6.45, 7) is 2.24. The molecule has 2 aromatic carbocycles. The fraction of sp³-hybridized carbons (Fsp3) is 0.278. The van der Waals surface area contributed by atoms with E-state index in [1.54, 1.807) is 25.1 Å². The van der Waals surface area contributed by atoms with Crippen molar-refractivity contribution < 1.29 is 13.9 Å². The van der Waals surface area contributed by atoms with Gasteiger partial charge in [0.05, 0.1) is 17.3 Å². The fourth-order valence-electron chi connectivity index (χ4n) is 2.25. The lowest BCUT2D eigenvalue weighted by Crippen LogP contribution is -2.32. The average Bonchev–Trinajstić information content (AvgIpc) is 2.54. The predicted octanol–water partition coefficient (Wildman–Crippen LogP) is 3.97. The Bertz CT molecular complexity index is 678. The van der Waals surface area contributed by atoms with Crippen molar-refractivity contribution in [2.24, 2.45) is 0 Å². The first-order valence-corrected chi connectivity index (χ1v) is 8.18. The SMILES string of the molecule is COc1ccccc1SC(C)C(=O)N(C)Cc1cccc(F)c1. The van der Waals surface area contributed by atoms with Gasteiger partial charge in [0, 0.05) is 13.6 Å². The molecule has 0 N–H and O–H groups in total. The van der Waals surface area contributed by atoms with E-state index in [1.807, 2.05) is 37.3 Å². The molecule has 1 amide bonds. The molecule has 0 aliphatic heterocycles. The van der Waals surface area contributed by atoms with Crippen LogP contribution in [0.4, 0.5) is 4.39 Å². The average molecular weight is 333 g/mol. The Morgan fingerprint density at radius 1 is 1.26 bits per heavy atom. The molecule has 2 rings (SSSR count). The summed E-state index contributed by atoms with van der Waals surface area (Å²) in [5.74, 6) is 0.454. The van der Waals surface area contributed by atoms with Crippen LogP contribution in [0.15, 0.2) is 53.4 Å². The van der Waals surface area contributed by atoms with Gasteiger partial charge in [-0.3, -0.25) is 4.79 Å². The number of amides is 1. The van der Waals surface area contributed by atoms with Crippen LogP contribution in [0.1, 0.15) is 12.5 Å². The van der Waals surface area contributed by atoms with Crippen LogP contribution in [-0.4, -0.2) is 30.2 Å². The number of carbonyl (C=O) groups is 1. The summed E-state index contributed by atoms with van der Waals surface area (Å²) in [6, 6.07) is 13.9. The molecule has 1 unspecified atom stereocenters. The van der Waals surface area contributed by atoms with Gasteiger partial charge in [0.15, 0.2) is 0 Å². The van der Waals surface area contributed by atoms with E-state index in [9.17, 15) is 9.18 Å². The molecule has 0 aliphatic carbocycles. The number of methoxy groups -OCH3 is 1. The summed E-state index contributed by atoms with van der Waals surface area (Å²) >= 11 is 1.45. The smallest absolute Gasteiger partial charge is 0.235 e. The van der Waals surface area contributed by atoms with Gasteiger partial charge in [-0.15, -0.1) is 11.8 Å². The second kappa shape index (κ2) is 8.02. The highest BCUT2D eigenvalue weighted by Gasteiger charge is 2.20. The quantitative estimate of drug-likeness (QED) is 0.749. The third-order valence-corrected chi connectivity index (χ3v) is 4.55. The Morgan fingerprint density at radius 2 is 2.00 bits per heavy atom. The second-order valence-corrected chi connectivity index (χ2v) is 6.62. The lowest BCUT2D eigenvalue weighted by Gasteiger charge is -2.21. The lowest BCUT2D eigenvalue weighted by atomic mass is 10.2.